The van der Waals surface area contributed by atoms with Gasteiger partial charge in [-0.3, -0.25) is 0 Å². The number of fused-ring (bicyclic) bond motifs is 6. The molecule has 9 rings (SSSR count). The maximum atomic E-state index is 13.9. The normalized spacial score (nSPS) is 13.3. The summed E-state index contributed by atoms with van der Waals surface area (Å²) in [5, 5.41) is 4.43. The van der Waals surface area contributed by atoms with Crippen molar-refractivity contribution in [3.63, 3.8) is 0 Å². The highest BCUT2D eigenvalue weighted by molar-refractivity contribution is 6.11. The number of carbonyl (C=O) groups is 2. The number of hydrogen-bond acceptors (Lipinski definition) is 6. The van der Waals surface area contributed by atoms with Crippen molar-refractivity contribution in [1.82, 2.24) is 9.13 Å². The predicted molar refractivity (Wildman–Crippen MR) is 225 cm³/mol. The van der Waals surface area contributed by atoms with Crippen LogP contribution in [0.5, 0.6) is 0 Å². The third kappa shape index (κ3) is 6.23. The van der Waals surface area contributed by atoms with Gasteiger partial charge in [-0.2, -0.15) is 0 Å². The average Bonchev–Trinajstić information content (AvgIpc) is 3.72. The number of benzene rings is 6. The molecule has 8 heteroatoms. The van der Waals surface area contributed by atoms with Gasteiger partial charge in [-0.1, -0.05) is 97.1 Å². The first-order chi connectivity index (χ1) is 27.5. The van der Waals surface area contributed by atoms with Crippen molar-refractivity contribution >= 4 is 66.9 Å². The molecule has 1 aliphatic rings. The molecule has 0 saturated heterocycles. The Morgan fingerprint density at radius 3 is 1.54 bits per heavy atom. The van der Waals surface area contributed by atoms with Crippen molar-refractivity contribution in [2.45, 2.75) is 26.9 Å². The Morgan fingerprint density at radius 1 is 0.518 bits per heavy atom. The highest BCUT2D eigenvalue weighted by Gasteiger charge is 2.36. The Hall–Kier alpha value is -6.80. The number of rotatable bonds is 10. The van der Waals surface area contributed by atoms with E-state index in [0.29, 0.717) is 13.2 Å². The van der Waals surface area contributed by atoms with E-state index >= 15 is 0 Å². The van der Waals surface area contributed by atoms with Gasteiger partial charge >= 0.3 is 11.9 Å². The van der Waals surface area contributed by atoms with E-state index in [0.717, 1.165) is 61.5 Å². The zero-order valence-electron chi connectivity index (χ0n) is 31.5. The molecule has 56 heavy (non-hydrogen) atoms. The van der Waals surface area contributed by atoms with Crippen molar-refractivity contribution in [3.8, 4) is 0 Å². The molecule has 0 radical (unpaired) electrons. The summed E-state index contributed by atoms with van der Waals surface area (Å²) < 4.78 is 16.0. The third-order valence-corrected chi connectivity index (χ3v) is 10.8. The summed E-state index contributed by atoms with van der Waals surface area (Å²) in [6.07, 6.45) is 0. The number of anilines is 2. The number of carbonyl (C=O) groups excluding carboxylic acids is 2. The van der Waals surface area contributed by atoms with Gasteiger partial charge in [-0.25, -0.2) is 9.59 Å². The summed E-state index contributed by atoms with van der Waals surface area (Å²) in [4.78, 5) is 31.9. The number of ether oxygens (including phenoxy) is 2. The zero-order chi connectivity index (χ0) is 38.2. The number of esters is 2. The monoisotopic (exact) mass is 738 g/mol. The van der Waals surface area contributed by atoms with E-state index in [9.17, 15) is 9.59 Å². The van der Waals surface area contributed by atoms with E-state index in [1.807, 2.05) is 23.1 Å². The molecule has 0 unspecified atom stereocenters. The van der Waals surface area contributed by atoms with Gasteiger partial charge in [-0.15, -0.1) is 0 Å². The van der Waals surface area contributed by atoms with Gasteiger partial charge in [0.2, 0.25) is 0 Å². The van der Waals surface area contributed by atoms with Crippen LogP contribution in [-0.2, 0) is 32.2 Å². The molecule has 1 aliphatic heterocycles. The molecule has 8 nitrogen and oxygen atoms in total. The predicted octanol–water partition coefficient (Wildman–Crippen LogP) is 9.66. The number of nitrogens with zero attached hydrogens (tertiary/aromatic N) is 4. The summed E-state index contributed by atoms with van der Waals surface area (Å²) in [6.45, 7) is 5.84. The summed E-state index contributed by atoms with van der Waals surface area (Å²) >= 11 is 0. The van der Waals surface area contributed by atoms with Crippen molar-refractivity contribution in [1.29, 1.82) is 0 Å². The molecular weight excluding hydrogens is 697 g/mol. The minimum Gasteiger partial charge on any atom is -0.463 e. The maximum Gasteiger partial charge on any atom is 0.355 e. The van der Waals surface area contributed by atoms with Gasteiger partial charge in [0.15, 0.2) is 0 Å². The average molecular weight is 739 g/mol. The van der Waals surface area contributed by atoms with E-state index in [4.69, 9.17) is 9.47 Å². The zero-order valence-corrected chi connectivity index (χ0v) is 31.5. The Morgan fingerprint density at radius 2 is 0.982 bits per heavy atom. The molecule has 0 amide bonds. The Balaban J connectivity index is 1.18. The highest BCUT2D eigenvalue weighted by atomic mass is 16.5. The van der Waals surface area contributed by atoms with E-state index in [1.54, 1.807) is 13.8 Å². The second kappa shape index (κ2) is 14.8. The second-order valence-corrected chi connectivity index (χ2v) is 14.1. The molecule has 0 saturated carbocycles. The lowest BCUT2D eigenvalue weighted by Crippen LogP contribution is -2.48. The lowest BCUT2D eigenvalue weighted by molar-refractivity contribution is -0.142. The van der Waals surface area contributed by atoms with Gasteiger partial charge in [0.1, 0.15) is 5.70 Å². The Bertz CT molecular complexity index is 2780. The molecule has 3 heterocycles. The molecule has 0 bridgehead atoms. The Kier molecular flexibility index (Phi) is 9.23. The van der Waals surface area contributed by atoms with E-state index in [-0.39, 0.29) is 31.0 Å². The van der Waals surface area contributed by atoms with E-state index < -0.39 is 11.9 Å². The minimum atomic E-state index is -0.554. The van der Waals surface area contributed by atoms with Crippen molar-refractivity contribution < 1.29 is 19.1 Å². The highest BCUT2D eigenvalue weighted by Crippen LogP contribution is 2.38. The van der Waals surface area contributed by atoms with E-state index in [1.165, 1.54) is 11.1 Å². The largest absolute Gasteiger partial charge is 0.463 e. The fraction of sp³-hybridized carbons (Fsp3) is 0.167. The molecule has 0 atom stereocenters. The van der Waals surface area contributed by atoms with Crippen molar-refractivity contribution in [3.05, 3.63) is 168 Å². The van der Waals surface area contributed by atoms with E-state index in [2.05, 4.69) is 141 Å². The van der Waals surface area contributed by atoms with Crippen LogP contribution in [0.25, 0.3) is 43.6 Å². The number of hydrogen-bond donors (Lipinski definition) is 0. The van der Waals surface area contributed by atoms with Gasteiger partial charge in [0.05, 0.1) is 32.0 Å². The van der Waals surface area contributed by atoms with Crippen LogP contribution in [0.4, 0.5) is 11.4 Å². The minimum absolute atomic E-state index is 0.172. The van der Waals surface area contributed by atoms with Gasteiger partial charge < -0.3 is 28.4 Å². The summed E-state index contributed by atoms with van der Waals surface area (Å²) in [5.41, 5.74) is 9.07. The first-order valence-corrected chi connectivity index (χ1v) is 19.2. The van der Waals surface area contributed by atoms with Crippen LogP contribution in [0.2, 0.25) is 0 Å². The first-order valence-electron chi connectivity index (χ1n) is 19.2. The molecular formula is C48H42N4O4. The molecule has 0 spiro atoms. The molecule has 0 fully saturated rings. The summed E-state index contributed by atoms with van der Waals surface area (Å²) in [5.74, 6) is -1.09. The van der Waals surface area contributed by atoms with Crippen LogP contribution in [0.3, 0.4) is 0 Å². The summed E-state index contributed by atoms with van der Waals surface area (Å²) in [6, 6.07) is 50.6. The number of para-hydroxylation sites is 2. The topological polar surface area (TPSA) is 68.9 Å². The smallest absolute Gasteiger partial charge is 0.355 e. The molecule has 0 N–H and O–H groups in total. The lowest BCUT2D eigenvalue weighted by Gasteiger charge is -2.39. The maximum absolute atomic E-state index is 13.9. The number of aromatic nitrogens is 2. The van der Waals surface area contributed by atoms with Gasteiger partial charge in [-0.05, 0) is 73.5 Å². The Labute approximate surface area is 325 Å². The molecule has 2 aromatic heterocycles. The van der Waals surface area contributed by atoms with Crippen LogP contribution in [0.15, 0.2) is 157 Å². The molecule has 278 valence electrons. The lowest BCUT2D eigenvalue weighted by atomic mass is 10.1. The quantitative estimate of drug-likeness (QED) is 0.130. The van der Waals surface area contributed by atoms with Gasteiger partial charge in [0, 0.05) is 68.1 Å². The third-order valence-electron chi connectivity index (χ3n) is 10.8. The fourth-order valence-corrected chi connectivity index (χ4v) is 8.24. The fourth-order valence-electron chi connectivity index (χ4n) is 8.24. The molecule has 8 aromatic rings. The van der Waals surface area contributed by atoms with Crippen LogP contribution >= 0.6 is 0 Å². The van der Waals surface area contributed by atoms with Crippen molar-refractivity contribution in [2.75, 3.05) is 36.2 Å². The van der Waals surface area contributed by atoms with Crippen LogP contribution < -0.4 is 9.80 Å². The van der Waals surface area contributed by atoms with Crippen molar-refractivity contribution in [2.24, 2.45) is 0 Å². The van der Waals surface area contributed by atoms with Gasteiger partial charge in [0.25, 0.3) is 0 Å². The SMILES string of the molecule is CCOC(=O)C1=C(C(=O)OCC)N(c2ccc3c(c2)c2ccccc2n3Cc2ccccc2)CN(c2ccc3c(c2)c2ccccc2n3Cc2ccccc2)C1. The van der Waals surface area contributed by atoms with Crippen LogP contribution in [0.1, 0.15) is 25.0 Å². The first kappa shape index (κ1) is 34.9. The molecule has 0 aliphatic carbocycles. The standard InChI is InChI=1S/C48H42N4O4/c1-3-55-47(53)41-31-49(35-23-25-44-39(27-35)37-19-11-13-21-42(37)50(44)29-33-15-7-5-8-16-33)32-52(46(41)48(54)56-4-2)36-24-26-45-40(28-36)38-20-12-14-22-43(38)51(45)30-34-17-9-6-10-18-34/h5-28H,3-4,29-32H2,1-2H3. The molecule has 6 aromatic carbocycles. The second-order valence-electron chi connectivity index (χ2n) is 14.1. The van der Waals surface area contributed by atoms with Crippen LogP contribution in [0, 0.1) is 0 Å². The van der Waals surface area contributed by atoms with Crippen LogP contribution in [-0.4, -0.2) is 47.5 Å². The summed E-state index contributed by atoms with van der Waals surface area (Å²) in [7, 11) is 0.